The van der Waals surface area contributed by atoms with Crippen LogP contribution in [0, 0.1) is 5.92 Å². The Balaban J connectivity index is 1.48. The zero-order chi connectivity index (χ0) is 15.1. The van der Waals surface area contributed by atoms with E-state index in [0.717, 1.165) is 12.0 Å². The largest absolute Gasteiger partial charge is 0.348 e. The molecular formula is C19H20N2O. The molecule has 0 heterocycles. The smallest absolute Gasteiger partial charge is 0.251 e. The van der Waals surface area contributed by atoms with E-state index >= 15 is 0 Å². The van der Waals surface area contributed by atoms with Gasteiger partial charge in [-0.15, -0.1) is 0 Å². The van der Waals surface area contributed by atoms with Crippen LogP contribution in [-0.4, -0.2) is 11.9 Å². The second kappa shape index (κ2) is 5.25. The van der Waals surface area contributed by atoms with Gasteiger partial charge in [0.1, 0.15) is 0 Å². The minimum absolute atomic E-state index is 0.0282. The van der Waals surface area contributed by atoms with Crippen molar-refractivity contribution >= 4 is 5.91 Å². The average Bonchev–Trinajstić information content (AvgIpc) is 3.28. The summed E-state index contributed by atoms with van der Waals surface area (Å²) in [4.78, 5) is 12.4. The highest BCUT2D eigenvalue weighted by Gasteiger charge is 2.53. The third-order valence-corrected chi connectivity index (χ3v) is 5.08. The van der Waals surface area contributed by atoms with Gasteiger partial charge in [-0.05, 0) is 47.6 Å². The van der Waals surface area contributed by atoms with Crippen LogP contribution >= 0.6 is 0 Å². The van der Waals surface area contributed by atoms with Gasteiger partial charge >= 0.3 is 0 Å². The molecule has 2 aliphatic carbocycles. The molecule has 0 spiro atoms. The zero-order valence-corrected chi connectivity index (χ0v) is 12.5. The minimum atomic E-state index is 0.0282. The topological polar surface area (TPSA) is 55.1 Å². The number of hydrogen-bond donors (Lipinski definition) is 2. The van der Waals surface area contributed by atoms with Crippen molar-refractivity contribution in [1.82, 2.24) is 5.32 Å². The van der Waals surface area contributed by atoms with Gasteiger partial charge in [0.15, 0.2) is 0 Å². The van der Waals surface area contributed by atoms with E-state index in [2.05, 4.69) is 29.6 Å². The second-order valence-electron chi connectivity index (χ2n) is 6.33. The Bertz CT molecular complexity index is 708. The molecule has 1 saturated carbocycles. The van der Waals surface area contributed by atoms with E-state index in [1.165, 1.54) is 17.5 Å². The van der Waals surface area contributed by atoms with Gasteiger partial charge < -0.3 is 11.1 Å². The van der Waals surface area contributed by atoms with Gasteiger partial charge in [-0.2, -0.15) is 0 Å². The summed E-state index contributed by atoms with van der Waals surface area (Å²) in [6.45, 7) is 0.505. The lowest BCUT2D eigenvalue weighted by molar-refractivity contribution is 0.0948. The maximum atomic E-state index is 12.4. The summed E-state index contributed by atoms with van der Waals surface area (Å²) < 4.78 is 0. The molecule has 3 N–H and O–H groups in total. The van der Waals surface area contributed by atoms with Crippen LogP contribution in [0.3, 0.4) is 0 Å². The van der Waals surface area contributed by atoms with E-state index in [4.69, 9.17) is 5.73 Å². The normalized spacial score (nSPS) is 25.0. The molecule has 2 aromatic rings. The second-order valence-corrected chi connectivity index (χ2v) is 6.33. The van der Waals surface area contributed by atoms with E-state index in [1.54, 1.807) is 0 Å². The fourth-order valence-corrected chi connectivity index (χ4v) is 3.79. The molecule has 22 heavy (non-hydrogen) atoms. The Kier molecular flexibility index (Phi) is 3.23. The summed E-state index contributed by atoms with van der Waals surface area (Å²) in [6, 6.07) is 16.5. The van der Waals surface area contributed by atoms with E-state index in [-0.39, 0.29) is 5.91 Å². The van der Waals surface area contributed by atoms with E-state index in [9.17, 15) is 4.79 Å². The molecule has 0 radical (unpaired) electrons. The van der Waals surface area contributed by atoms with Crippen LogP contribution < -0.4 is 11.1 Å². The van der Waals surface area contributed by atoms with Crippen molar-refractivity contribution < 1.29 is 4.79 Å². The number of carbonyl (C=O) groups is 1. The number of nitrogens with one attached hydrogen (secondary N) is 1. The van der Waals surface area contributed by atoms with E-state index < -0.39 is 0 Å². The number of fused-ring (bicyclic) bond motifs is 3. The van der Waals surface area contributed by atoms with E-state index in [1.807, 2.05) is 24.3 Å². The standard InChI is InChI=1S/C19H20N2O/c20-11-12-5-7-14(8-6-12)19(22)21-18-16-10-9-13-3-1-2-4-15(13)17(16)18/h1-8,16-18H,9-11,20H2,(H,21,22). The van der Waals surface area contributed by atoms with Crippen LogP contribution in [0.5, 0.6) is 0 Å². The Morgan fingerprint density at radius 3 is 2.68 bits per heavy atom. The first-order valence-corrected chi connectivity index (χ1v) is 7.95. The van der Waals surface area contributed by atoms with Crippen molar-refractivity contribution in [3.63, 3.8) is 0 Å². The maximum Gasteiger partial charge on any atom is 0.251 e. The van der Waals surface area contributed by atoms with Crippen molar-refractivity contribution in [3.05, 3.63) is 70.8 Å². The first kappa shape index (κ1) is 13.5. The molecule has 3 heteroatoms. The highest BCUT2D eigenvalue weighted by molar-refractivity contribution is 5.94. The van der Waals surface area contributed by atoms with Crippen LogP contribution in [0.15, 0.2) is 48.5 Å². The molecule has 1 fully saturated rings. The highest BCUT2D eigenvalue weighted by Crippen LogP contribution is 2.54. The van der Waals surface area contributed by atoms with Crippen molar-refractivity contribution in [2.24, 2.45) is 11.7 Å². The number of hydrogen-bond acceptors (Lipinski definition) is 2. The van der Waals surface area contributed by atoms with Crippen molar-refractivity contribution in [1.29, 1.82) is 0 Å². The summed E-state index contributed by atoms with van der Waals surface area (Å²) in [5.74, 6) is 1.15. The molecule has 1 amide bonds. The van der Waals surface area contributed by atoms with E-state index in [0.29, 0.717) is 30.0 Å². The minimum Gasteiger partial charge on any atom is -0.348 e. The molecule has 0 saturated heterocycles. The number of amides is 1. The Morgan fingerprint density at radius 2 is 1.91 bits per heavy atom. The van der Waals surface area contributed by atoms with Gasteiger partial charge in [0.05, 0.1) is 0 Å². The van der Waals surface area contributed by atoms with Crippen molar-refractivity contribution in [2.45, 2.75) is 31.3 Å². The average molecular weight is 292 g/mol. The summed E-state index contributed by atoms with van der Waals surface area (Å²) >= 11 is 0. The van der Waals surface area contributed by atoms with Crippen molar-refractivity contribution in [3.8, 4) is 0 Å². The third-order valence-electron chi connectivity index (χ3n) is 5.08. The molecule has 0 aromatic heterocycles. The summed E-state index contributed by atoms with van der Waals surface area (Å²) in [6.07, 6.45) is 2.31. The highest BCUT2D eigenvalue weighted by atomic mass is 16.1. The molecule has 2 aromatic carbocycles. The van der Waals surface area contributed by atoms with Gasteiger partial charge in [-0.3, -0.25) is 4.79 Å². The van der Waals surface area contributed by atoms with Gasteiger partial charge in [0.2, 0.25) is 0 Å². The molecule has 3 nitrogen and oxygen atoms in total. The van der Waals surface area contributed by atoms with Crippen LogP contribution in [0.2, 0.25) is 0 Å². The lowest BCUT2D eigenvalue weighted by atomic mass is 9.92. The number of aryl methyl sites for hydroxylation is 1. The predicted molar refractivity (Wildman–Crippen MR) is 86.6 cm³/mol. The maximum absolute atomic E-state index is 12.4. The lowest BCUT2D eigenvalue weighted by Crippen LogP contribution is -2.27. The fourth-order valence-electron chi connectivity index (χ4n) is 3.79. The van der Waals surface area contributed by atoms with Gasteiger partial charge in [0, 0.05) is 24.1 Å². The summed E-state index contributed by atoms with van der Waals surface area (Å²) in [5, 5.41) is 3.22. The van der Waals surface area contributed by atoms with Crippen LogP contribution in [0.25, 0.3) is 0 Å². The van der Waals surface area contributed by atoms with Crippen LogP contribution in [-0.2, 0) is 13.0 Å². The van der Waals surface area contributed by atoms with Crippen LogP contribution in [0.1, 0.15) is 39.4 Å². The predicted octanol–water partition coefficient (Wildman–Crippen LogP) is 2.60. The molecule has 2 aliphatic rings. The first-order valence-electron chi connectivity index (χ1n) is 7.95. The number of nitrogens with two attached hydrogens (primary N) is 1. The van der Waals surface area contributed by atoms with Crippen molar-refractivity contribution in [2.75, 3.05) is 0 Å². The number of carbonyl (C=O) groups excluding carboxylic acids is 1. The van der Waals surface area contributed by atoms with Crippen LogP contribution in [0.4, 0.5) is 0 Å². The summed E-state index contributed by atoms with van der Waals surface area (Å²) in [7, 11) is 0. The molecule has 3 unspecified atom stereocenters. The molecule has 112 valence electrons. The molecular weight excluding hydrogens is 272 g/mol. The zero-order valence-electron chi connectivity index (χ0n) is 12.5. The Labute approximate surface area is 130 Å². The SMILES string of the molecule is NCc1ccc(C(=O)NC2C3CCc4ccccc4C32)cc1. The molecule has 3 atom stereocenters. The van der Waals surface area contributed by atoms with Gasteiger partial charge in [0.25, 0.3) is 5.91 Å². The van der Waals surface area contributed by atoms with Gasteiger partial charge in [-0.25, -0.2) is 0 Å². The lowest BCUT2D eigenvalue weighted by Gasteiger charge is -2.13. The fraction of sp³-hybridized carbons (Fsp3) is 0.316. The Morgan fingerprint density at radius 1 is 1.14 bits per heavy atom. The number of benzene rings is 2. The number of rotatable bonds is 3. The Hall–Kier alpha value is -2.13. The molecule has 0 bridgehead atoms. The first-order chi connectivity index (χ1) is 10.8. The monoisotopic (exact) mass is 292 g/mol. The molecule has 4 rings (SSSR count). The quantitative estimate of drug-likeness (QED) is 0.913. The summed E-state index contributed by atoms with van der Waals surface area (Å²) in [5.41, 5.74) is 10.2. The third kappa shape index (κ3) is 2.22. The molecule has 0 aliphatic heterocycles. The van der Waals surface area contributed by atoms with Gasteiger partial charge in [-0.1, -0.05) is 36.4 Å².